The van der Waals surface area contributed by atoms with Crippen LogP contribution in [0.1, 0.15) is 16.3 Å². The second kappa shape index (κ2) is 9.12. The quantitative estimate of drug-likeness (QED) is 0.591. The van der Waals surface area contributed by atoms with Gasteiger partial charge in [0.25, 0.3) is 5.56 Å². The van der Waals surface area contributed by atoms with E-state index in [1.54, 1.807) is 17.4 Å². The summed E-state index contributed by atoms with van der Waals surface area (Å²) in [6.45, 7) is 9.13. The van der Waals surface area contributed by atoms with Crippen LogP contribution in [0.3, 0.4) is 0 Å². The molecule has 0 saturated carbocycles. The van der Waals surface area contributed by atoms with Crippen LogP contribution in [0, 0.1) is 13.8 Å². The minimum absolute atomic E-state index is 0.0555. The normalized spacial score (nSPS) is 16.8. The largest absolute Gasteiger partial charge is 0.486 e. The minimum Gasteiger partial charge on any atom is -0.486 e. The summed E-state index contributed by atoms with van der Waals surface area (Å²) in [6.07, 6.45) is 0. The van der Waals surface area contributed by atoms with Gasteiger partial charge in [-0.2, -0.15) is 0 Å². The third kappa shape index (κ3) is 4.73. The molecule has 2 aliphatic rings. The Labute approximate surface area is 195 Å². The first-order valence-corrected chi connectivity index (χ1v) is 11.9. The lowest BCUT2D eigenvalue weighted by Crippen LogP contribution is -2.48. The van der Waals surface area contributed by atoms with Crippen LogP contribution in [-0.2, 0) is 11.3 Å². The second-order valence-corrected chi connectivity index (χ2v) is 9.64. The summed E-state index contributed by atoms with van der Waals surface area (Å²) >= 11 is 1.57. The van der Waals surface area contributed by atoms with E-state index >= 15 is 0 Å². The molecule has 5 rings (SSSR count). The van der Waals surface area contributed by atoms with Crippen molar-refractivity contribution in [2.45, 2.75) is 20.4 Å². The van der Waals surface area contributed by atoms with Crippen molar-refractivity contribution in [1.82, 2.24) is 19.8 Å². The van der Waals surface area contributed by atoms with Gasteiger partial charge in [-0.3, -0.25) is 19.4 Å². The molecule has 10 heteroatoms. The highest BCUT2D eigenvalue weighted by atomic mass is 32.1. The smallest absolute Gasteiger partial charge is 0.259 e. The molecule has 2 aliphatic heterocycles. The van der Waals surface area contributed by atoms with Crippen LogP contribution in [0.4, 0.5) is 5.69 Å². The Balaban J connectivity index is 1.13. The maximum absolute atomic E-state index is 12.5. The fraction of sp³-hybridized carbons (Fsp3) is 0.435. The van der Waals surface area contributed by atoms with Crippen LogP contribution in [-0.4, -0.2) is 71.6 Å². The van der Waals surface area contributed by atoms with Gasteiger partial charge in [0.15, 0.2) is 11.5 Å². The number of amides is 1. The predicted octanol–water partition coefficient (Wildman–Crippen LogP) is 2.13. The number of carbonyl (C=O) groups excluding carboxylic acids is 1. The first-order chi connectivity index (χ1) is 16.0. The summed E-state index contributed by atoms with van der Waals surface area (Å²) < 4.78 is 11.1. The van der Waals surface area contributed by atoms with Gasteiger partial charge in [-0.15, -0.1) is 11.3 Å². The average Bonchev–Trinajstić information content (AvgIpc) is 3.08. The van der Waals surface area contributed by atoms with Gasteiger partial charge >= 0.3 is 0 Å². The zero-order valence-corrected chi connectivity index (χ0v) is 19.6. The van der Waals surface area contributed by atoms with Crippen molar-refractivity contribution in [1.29, 1.82) is 0 Å². The summed E-state index contributed by atoms with van der Waals surface area (Å²) in [4.78, 5) is 39.0. The van der Waals surface area contributed by atoms with E-state index < -0.39 is 0 Å². The number of piperazine rings is 1. The monoisotopic (exact) mass is 469 g/mol. The van der Waals surface area contributed by atoms with Crippen molar-refractivity contribution in [3.8, 4) is 11.5 Å². The van der Waals surface area contributed by atoms with E-state index in [2.05, 4.69) is 25.1 Å². The molecule has 1 amide bonds. The van der Waals surface area contributed by atoms with Crippen molar-refractivity contribution in [2.75, 3.05) is 51.3 Å². The van der Waals surface area contributed by atoms with Crippen LogP contribution in [0.25, 0.3) is 10.2 Å². The van der Waals surface area contributed by atoms with E-state index in [4.69, 9.17) is 9.47 Å². The topological polar surface area (TPSA) is 99.8 Å². The number of rotatable bonds is 5. The van der Waals surface area contributed by atoms with Crippen molar-refractivity contribution < 1.29 is 14.3 Å². The summed E-state index contributed by atoms with van der Waals surface area (Å²) in [6, 6.07) is 5.44. The van der Waals surface area contributed by atoms with Crippen molar-refractivity contribution in [3.05, 3.63) is 44.8 Å². The third-order valence-electron chi connectivity index (χ3n) is 6.12. The second-order valence-electron chi connectivity index (χ2n) is 8.43. The molecule has 1 fully saturated rings. The molecule has 2 aromatic heterocycles. The molecule has 0 atom stereocenters. The molecule has 2 N–H and O–H groups in total. The number of hydrogen-bond donors (Lipinski definition) is 2. The Hall–Kier alpha value is -2.95. The Morgan fingerprint density at radius 1 is 1.12 bits per heavy atom. The molecular formula is C23H27N5O4S. The Bertz CT molecular complexity index is 1250. The molecule has 0 radical (unpaired) electrons. The summed E-state index contributed by atoms with van der Waals surface area (Å²) in [5.41, 5.74) is 1.65. The standard InChI is InChI=1S/C23H27N5O4S/c1-14-15(2)33-23-21(14)22(30)25-19(26-23)12-27-5-7-28(8-6-27)13-20(29)24-16-3-4-17-18(11-16)32-10-9-31-17/h3-4,11H,5-10,12-13H2,1-2H3,(H,24,29)(H,25,26,30). The molecule has 0 unspecified atom stereocenters. The molecule has 33 heavy (non-hydrogen) atoms. The molecular weight excluding hydrogens is 442 g/mol. The highest BCUT2D eigenvalue weighted by molar-refractivity contribution is 7.18. The SMILES string of the molecule is Cc1sc2nc(CN3CCN(CC(=O)Nc4ccc5c(c4)OCCO5)CC3)[nH]c(=O)c2c1C. The van der Waals surface area contributed by atoms with Gasteiger partial charge in [0.1, 0.15) is 23.9 Å². The van der Waals surface area contributed by atoms with Gasteiger partial charge < -0.3 is 19.8 Å². The number of aryl methyl sites for hydroxylation is 2. The number of aromatic amines is 1. The number of nitrogens with zero attached hydrogens (tertiary/aromatic N) is 3. The Kier molecular flexibility index (Phi) is 6.05. The van der Waals surface area contributed by atoms with Crippen molar-refractivity contribution in [2.24, 2.45) is 0 Å². The van der Waals surface area contributed by atoms with E-state index in [1.807, 2.05) is 26.0 Å². The number of nitrogens with one attached hydrogen (secondary N) is 2. The molecule has 0 bridgehead atoms. The molecule has 9 nitrogen and oxygen atoms in total. The van der Waals surface area contributed by atoms with E-state index in [-0.39, 0.29) is 11.5 Å². The average molecular weight is 470 g/mol. The Morgan fingerprint density at radius 2 is 1.85 bits per heavy atom. The zero-order valence-electron chi connectivity index (χ0n) is 18.8. The van der Waals surface area contributed by atoms with Crippen molar-refractivity contribution >= 4 is 33.1 Å². The molecule has 0 aliphatic carbocycles. The lowest BCUT2D eigenvalue weighted by molar-refractivity contribution is -0.117. The van der Waals surface area contributed by atoms with Gasteiger partial charge in [0.05, 0.1) is 18.5 Å². The number of H-pyrrole nitrogens is 1. The molecule has 0 spiro atoms. The number of hydrogen-bond acceptors (Lipinski definition) is 8. The van der Waals surface area contributed by atoms with Crippen LogP contribution in [0.15, 0.2) is 23.0 Å². The van der Waals surface area contributed by atoms with Gasteiger partial charge in [-0.05, 0) is 31.5 Å². The van der Waals surface area contributed by atoms with E-state index in [0.717, 1.165) is 41.5 Å². The van der Waals surface area contributed by atoms with Gasteiger partial charge in [-0.25, -0.2) is 4.98 Å². The van der Waals surface area contributed by atoms with E-state index in [0.29, 0.717) is 54.7 Å². The number of thiophene rings is 1. The van der Waals surface area contributed by atoms with Crippen LogP contribution >= 0.6 is 11.3 Å². The predicted molar refractivity (Wildman–Crippen MR) is 127 cm³/mol. The molecule has 1 aromatic carbocycles. The molecule has 174 valence electrons. The van der Waals surface area contributed by atoms with Crippen LogP contribution < -0.4 is 20.3 Å². The molecule has 3 aromatic rings. The Morgan fingerprint density at radius 3 is 2.64 bits per heavy atom. The summed E-state index contributed by atoms with van der Waals surface area (Å²) in [7, 11) is 0. The highest BCUT2D eigenvalue weighted by Gasteiger charge is 2.21. The number of benzene rings is 1. The summed E-state index contributed by atoms with van der Waals surface area (Å²) in [5.74, 6) is 2.00. The van der Waals surface area contributed by atoms with Gasteiger partial charge in [0, 0.05) is 42.8 Å². The fourth-order valence-electron chi connectivity index (χ4n) is 4.22. The van der Waals surface area contributed by atoms with Crippen LogP contribution in [0.2, 0.25) is 0 Å². The lowest BCUT2D eigenvalue weighted by atomic mass is 10.2. The fourth-order valence-corrected chi connectivity index (χ4v) is 5.27. The maximum atomic E-state index is 12.5. The van der Waals surface area contributed by atoms with Gasteiger partial charge in [0.2, 0.25) is 5.91 Å². The van der Waals surface area contributed by atoms with Gasteiger partial charge in [-0.1, -0.05) is 0 Å². The first-order valence-electron chi connectivity index (χ1n) is 11.1. The lowest BCUT2D eigenvalue weighted by Gasteiger charge is -2.33. The zero-order chi connectivity index (χ0) is 22.9. The number of aromatic nitrogens is 2. The van der Waals surface area contributed by atoms with E-state index in [1.165, 1.54) is 0 Å². The number of carbonyl (C=O) groups is 1. The van der Waals surface area contributed by atoms with Crippen molar-refractivity contribution in [3.63, 3.8) is 0 Å². The van der Waals surface area contributed by atoms with E-state index in [9.17, 15) is 9.59 Å². The molecule has 1 saturated heterocycles. The minimum atomic E-state index is -0.0636. The van der Waals surface area contributed by atoms with Crippen LogP contribution in [0.5, 0.6) is 11.5 Å². The maximum Gasteiger partial charge on any atom is 0.259 e. The number of ether oxygens (including phenoxy) is 2. The number of fused-ring (bicyclic) bond motifs is 2. The highest BCUT2D eigenvalue weighted by Crippen LogP contribution is 2.32. The third-order valence-corrected chi connectivity index (χ3v) is 7.22. The molecule has 4 heterocycles. The first kappa shape index (κ1) is 21.9. The number of anilines is 1. The summed E-state index contributed by atoms with van der Waals surface area (Å²) in [5, 5.41) is 3.65.